The third-order valence-corrected chi connectivity index (χ3v) is 43.2. The Morgan fingerprint density at radius 3 is 2.27 bits per heavy atom. The number of carbonyl (C=O) groups is 2. The molecule has 0 amide bonds. The average Bonchev–Trinajstić information content (AvgIpc) is 2.37. The van der Waals surface area contributed by atoms with Crippen LogP contribution in [0.5, 0.6) is 0 Å². The van der Waals surface area contributed by atoms with Crippen LogP contribution in [0.2, 0.25) is 0 Å². The summed E-state index contributed by atoms with van der Waals surface area (Å²) in [6.07, 6.45) is 0.798. The van der Waals surface area contributed by atoms with E-state index in [-0.39, 0.29) is 37.8 Å². The van der Waals surface area contributed by atoms with E-state index in [1.165, 1.54) is 11.0 Å². The Morgan fingerprint density at radius 2 is 1.73 bits per heavy atom. The van der Waals surface area contributed by atoms with Crippen LogP contribution in [0.25, 0.3) is 0 Å². The number of Topliss-reactive ketones (excluding diaryl/α,β-unsaturated/α-hetero) is 1. The van der Waals surface area contributed by atoms with Crippen molar-refractivity contribution < 1.29 is 18.8 Å². The molecule has 0 aromatic heterocycles. The van der Waals surface area contributed by atoms with Crippen LogP contribution in [0.4, 0.5) is 0 Å². The van der Waals surface area contributed by atoms with E-state index >= 15 is 0 Å². The summed E-state index contributed by atoms with van der Waals surface area (Å²) in [7, 11) is 0. The first kappa shape index (κ1) is 22.6. The molecule has 128 valence electrons. The van der Waals surface area contributed by atoms with Gasteiger partial charge in [0.1, 0.15) is 19.7 Å². The first-order valence-electron chi connectivity index (χ1n) is 6.00. The maximum absolute atomic E-state index is 11.4. The highest BCUT2D eigenvalue weighted by molar-refractivity contribution is 9.55. The summed E-state index contributed by atoms with van der Waals surface area (Å²) in [6.45, 7) is 1.33. The molecule has 0 radical (unpaired) electrons. The molecule has 0 bridgehead atoms. The second-order valence-electron chi connectivity index (χ2n) is 3.85. The number of ketones is 1. The predicted octanol–water partition coefficient (Wildman–Crippen LogP) is 6.05. The van der Waals surface area contributed by atoms with Gasteiger partial charge in [0.05, 0.1) is 13.0 Å². The van der Waals surface area contributed by atoms with Crippen molar-refractivity contribution in [2.75, 3.05) is 13.2 Å². The maximum Gasteiger partial charge on any atom is 0.306 e. The largest absolute Gasteiger partial charge is 0.463 e. The summed E-state index contributed by atoms with van der Waals surface area (Å²) < 4.78 is 6.96. The minimum absolute atomic E-state index is 0.0585. The lowest BCUT2D eigenvalue weighted by atomic mass is 10.2. The SMILES string of the molecule is CCC(=O)CCC(=O)OCCOP1SP(=S)(S)SP(=S)(S)S1. The topological polar surface area (TPSA) is 52.6 Å². The van der Waals surface area contributed by atoms with Crippen molar-refractivity contribution in [3.8, 4) is 0 Å². The lowest BCUT2D eigenvalue weighted by molar-refractivity contribution is -0.145. The fourth-order valence-corrected chi connectivity index (χ4v) is 72.5. The molecule has 1 rings (SSSR count). The number of hydrogen-bond acceptors (Lipinski definition) is 9. The van der Waals surface area contributed by atoms with E-state index in [4.69, 9.17) is 32.9 Å². The summed E-state index contributed by atoms with van der Waals surface area (Å²) in [5, 5.41) is 0. The zero-order valence-electron chi connectivity index (χ0n) is 11.4. The molecule has 0 saturated carbocycles. The molecule has 0 aromatic rings. The zero-order chi connectivity index (χ0) is 16.8. The number of thiol groups is 2. The summed E-state index contributed by atoms with van der Waals surface area (Å²) in [5.41, 5.74) is 0. The average molecular weight is 493 g/mol. The minimum Gasteiger partial charge on any atom is -0.463 e. The Kier molecular flexibility index (Phi) is 11.0. The van der Waals surface area contributed by atoms with E-state index in [1.54, 1.807) is 28.9 Å². The predicted molar refractivity (Wildman–Crippen MR) is 118 cm³/mol. The molecule has 0 aromatic carbocycles. The molecule has 0 aliphatic carbocycles. The summed E-state index contributed by atoms with van der Waals surface area (Å²) >= 11 is 24.5. The Balaban J connectivity index is 2.24. The van der Waals surface area contributed by atoms with Gasteiger partial charge < -0.3 is 9.26 Å². The van der Waals surface area contributed by atoms with Gasteiger partial charge in [-0.15, -0.1) is 24.5 Å². The zero-order valence-corrected chi connectivity index (χ0v) is 20.0. The molecule has 0 N–H and O–H groups in total. The van der Waals surface area contributed by atoms with Gasteiger partial charge in [-0.3, -0.25) is 9.59 Å². The molecule has 2 atom stereocenters. The monoisotopic (exact) mass is 492 g/mol. The van der Waals surface area contributed by atoms with Gasteiger partial charge in [-0.2, -0.15) is 0 Å². The molecule has 4 nitrogen and oxygen atoms in total. The van der Waals surface area contributed by atoms with Gasteiger partial charge >= 0.3 is 5.97 Å². The van der Waals surface area contributed by atoms with Crippen LogP contribution in [0, 0.1) is 0 Å². The fraction of sp³-hybridized carbons (Fsp3) is 0.750. The van der Waals surface area contributed by atoms with Crippen LogP contribution < -0.4 is 0 Å². The quantitative estimate of drug-likeness (QED) is 0.182. The number of carbonyl (C=O) groups excluding carboxylic acids is 2. The van der Waals surface area contributed by atoms with Gasteiger partial charge in [-0.1, -0.05) is 30.5 Å². The van der Waals surface area contributed by atoms with Gasteiger partial charge in [0, 0.05) is 12.8 Å². The second-order valence-corrected chi connectivity index (χ2v) is 38.0. The molecule has 0 spiro atoms. The summed E-state index contributed by atoms with van der Waals surface area (Å²) in [5.74, 6) is -0.320. The number of rotatable bonds is 8. The van der Waals surface area contributed by atoms with Crippen molar-refractivity contribution in [1.82, 2.24) is 0 Å². The molecule has 1 aliphatic heterocycles. The smallest absolute Gasteiger partial charge is 0.306 e. The highest BCUT2D eigenvalue weighted by atomic mass is 33.9. The fourth-order valence-electron chi connectivity index (χ4n) is 1.15. The molecule has 2 unspecified atom stereocenters. The number of esters is 1. The molecule has 1 saturated heterocycles. The molecule has 1 aliphatic rings. The van der Waals surface area contributed by atoms with E-state index in [9.17, 15) is 9.59 Å². The lowest BCUT2D eigenvalue weighted by Crippen LogP contribution is -2.10. The van der Waals surface area contributed by atoms with Crippen molar-refractivity contribution in [3.63, 3.8) is 0 Å². The maximum atomic E-state index is 11.4. The van der Waals surface area contributed by atoms with Crippen molar-refractivity contribution in [3.05, 3.63) is 0 Å². The highest BCUT2D eigenvalue weighted by Gasteiger charge is 2.37. The Labute approximate surface area is 163 Å². The van der Waals surface area contributed by atoms with Gasteiger partial charge in [-0.05, 0) is 33.0 Å². The third kappa shape index (κ3) is 9.91. The van der Waals surface area contributed by atoms with E-state index in [0.717, 1.165) is 0 Å². The van der Waals surface area contributed by atoms with Crippen molar-refractivity contribution >= 4 is 107 Å². The van der Waals surface area contributed by atoms with E-state index in [1.807, 2.05) is 0 Å². The van der Waals surface area contributed by atoms with E-state index < -0.39 is 13.8 Å². The van der Waals surface area contributed by atoms with Gasteiger partial charge in [-0.25, -0.2) is 0 Å². The van der Waals surface area contributed by atoms with Gasteiger partial charge in [0.25, 0.3) is 0 Å². The van der Waals surface area contributed by atoms with Gasteiger partial charge in [0.2, 0.25) is 0 Å². The van der Waals surface area contributed by atoms with Crippen LogP contribution in [0.3, 0.4) is 0 Å². The Morgan fingerprint density at radius 1 is 1.14 bits per heavy atom. The highest BCUT2D eigenvalue weighted by Crippen LogP contribution is 3.05. The Hall–Kier alpha value is 2.58. The van der Waals surface area contributed by atoms with Crippen LogP contribution in [-0.2, 0) is 42.5 Å². The molecular weight excluding hydrogens is 477 g/mol. The number of hydrogen-bond donors (Lipinski definition) is 2. The van der Waals surface area contributed by atoms with Crippen LogP contribution in [0.1, 0.15) is 26.2 Å². The van der Waals surface area contributed by atoms with Crippen LogP contribution >= 0.6 is 71.3 Å². The van der Waals surface area contributed by atoms with E-state index in [2.05, 4.69) is 24.5 Å². The van der Waals surface area contributed by atoms with Crippen LogP contribution in [0.15, 0.2) is 0 Å². The molecule has 22 heavy (non-hydrogen) atoms. The van der Waals surface area contributed by atoms with Crippen molar-refractivity contribution in [2.24, 2.45) is 0 Å². The van der Waals surface area contributed by atoms with Gasteiger partial charge in [0.15, 0.2) is 6.55 Å². The van der Waals surface area contributed by atoms with E-state index in [0.29, 0.717) is 6.42 Å². The van der Waals surface area contributed by atoms with Crippen LogP contribution in [-0.4, -0.2) is 25.0 Å². The number of ether oxygens (including phenoxy) is 1. The second kappa shape index (κ2) is 10.7. The molecule has 14 heteroatoms. The van der Waals surface area contributed by atoms with Crippen molar-refractivity contribution in [1.29, 1.82) is 0 Å². The normalized spacial score (nSPS) is 31.7. The molecular formula is C8H15O4P3S7. The van der Waals surface area contributed by atoms with Crippen molar-refractivity contribution in [2.45, 2.75) is 26.2 Å². The molecule has 1 heterocycles. The Bertz CT molecular complexity index is 492. The lowest BCUT2D eigenvalue weighted by Gasteiger charge is -2.31. The summed E-state index contributed by atoms with van der Waals surface area (Å²) in [6, 6.07) is 0. The first-order chi connectivity index (χ1) is 10.1. The minimum atomic E-state index is -1.89. The first-order valence-corrected chi connectivity index (χ1v) is 21.3. The standard InChI is InChI=1S/C8H15O4P3S7/c1-2-7(9)3-4-8(10)11-5-6-12-13-20-14(16,17)22-15(18,19)21-13/h2-6H2,1H3,(H,16,17)(H,18,19). The molecule has 1 fully saturated rings. The summed E-state index contributed by atoms with van der Waals surface area (Å²) in [4.78, 5) is 22.5. The third-order valence-electron chi connectivity index (χ3n) is 2.09.